The lowest BCUT2D eigenvalue weighted by Gasteiger charge is -2.40. The van der Waals surface area contributed by atoms with Gasteiger partial charge in [0.15, 0.2) is 5.82 Å². The largest absolute Gasteiger partial charge is 0.228 e. The summed E-state index contributed by atoms with van der Waals surface area (Å²) in [4.78, 5) is 13.3. The van der Waals surface area contributed by atoms with Gasteiger partial charge >= 0.3 is 0 Å². The molecule has 290 valence electrons. The lowest BCUT2D eigenvalue weighted by Crippen LogP contribution is -2.32. The molecule has 0 radical (unpaired) electrons. The van der Waals surface area contributed by atoms with Crippen LogP contribution < -0.4 is 0 Å². The van der Waals surface area contributed by atoms with Gasteiger partial charge in [-0.25, -0.2) is 9.97 Å². The molecule has 1 aliphatic heterocycles. The Balaban J connectivity index is 1.01. The third-order valence-electron chi connectivity index (χ3n) is 12.6. The highest BCUT2D eigenvalue weighted by molar-refractivity contribution is 7.99. The third-order valence-corrected chi connectivity index (χ3v) is 13.7. The number of hydrogen-bond donors (Lipinski definition) is 0. The Morgan fingerprint density at radius 2 is 0.694 bits per heavy atom. The fourth-order valence-electron chi connectivity index (χ4n) is 9.72. The molecule has 0 saturated carbocycles. The second kappa shape index (κ2) is 14.8. The number of fused-ring (bicyclic) bond motifs is 9. The minimum absolute atomic E-state index is 0.438. The molecule has 0 fully saturated rings. The highest BCUT2D eigenvalue weighted by Gasteiger charge is 2.50. The Hall–Kier alpha value is -7.59. The van der Waals surface area contributed by atoms with Crippen LogP contribution in [0.15, 0.2) is 240 Å². The standard InChI is InChI=1S/C59H38N2S/c1-3-16-39(17-4-1)41-20-13-23-45(34-41)54-38-55(46-24-14-21-42(35-46)40-18-5-2-6-19-40)61-58(60-54)47-25-15-22-43(36-47)44-32-33-57-53(37-44)59(52-30-11-12-31-56(52)62-57)50-28-9-7-26-48(50)49-27-8-10-29-51(49)59/h1-38H. The average molecular weight is 807 g/mol. The highest BCUT2D eigenvalue weighted by atomic mass is 32.2. The quantitative estimate of drug-likeness (QED) is 0.167. The van der Waals surface area contributed by atoms with Gasteiger partial charge in [0.05, 0.1) is 16.8 Å². The zero-order chi connectivity index (χ0) is 41.0. The zero-order valence-corrected chi connectivity index (χ0v) is 34.6. The Bertz CT molecular complexity index is 3190. The van der Waals surface area contributed by atoms with Gasteiger partial charge in [0, 0.05) is 26.5 Å². The van der Waals surface area contributed by atoms with E-state index in [0.29, 0.717) is 5.82 Å². The molecule has 1 aromatic heterocycles. The van der Waals surface area contributed by atoms with Gasteiger partial charge in [-0.3, -0.25) is 0 Å². The first-order valence-corrected chi connectivity index (χ1v) is 22.0. The van der Waals surface area contributed by atoms with Gasteiger partial charge in [-0.05, 0) is 109 Å². The monoisotopic (exact) mass is 806 g/mol. The number of hydrogen-bond acceptors (Lipinski definition) is 3. The first kappa shape index (κ1) is 36.3. The molecule has 62 heavy (non-hydrogen) atoms. The lowest BCUT2D eigenvalue weighted by molar-refractivity contribution is 0.723. The van der Waals surface area contributed by atoms with E-state index >= 15 is 0 Å². The SMILES string of the molecule is c1ccc(-c2cccc(-c3cc(-c4cccc(-c5ccccc5)c4)nc(-c4cccc(-c5ccc6c(c5)C5(c7ccccc7S6)c6ccccc6-c6ccccc65)c4)n3)c2)cc1. The van der Waals surface area contributed by atoms with Crippen LogP contribution in [0.1, 0.15) is 22.3 Å². The Morgan fingerprint density at radius 1 is 0.274 bits per heavy atom. The molecule has 0 N–H and O–H groups in total. The van der Waals surface area contributed by atoms with Crippen LogP contribution in [-0.4, -0.2) is 9.97 Å². The fraction of sp³-hybridized carbons (Fsp3) is 0.0169. The highest BCUT2D eigenvalue weighted by Crippen LogP contribution is 2.62. The van der Waals surface area contributed by atoms with Gasteiger partial charge in [0.25, 0.3) is 0 Å². The average Bonchev–Trinajstić information content (AvgIpc) is 3.65. The van der Waals surface area contributed by atoms with E-state index in [9.17, 15) is 0 Å². The van der Waals surface area contributed by atoms with E-state index in [0.717, 1.165) is 50.3 Å². The summed E-state index contributed by atoms with van der Waals surface area (Å²) in [6.45, 7) is 0. The van der Waals surface area contributed by atoms with E-state index in [2.05, 4.69) is 231 Å². The predicted molar refractivity (Wildman–Crippen MR) is 256 cm³/mol. The van der Waals surface area contributed by atoms with E-state index in [1.807, 2.05) is 11.8 Å². The number of rotatable bonds is 6. The summed E-state index contributed by atoms with van der Waals surface area (Å²) in [5.41, 5.74) is 19.2. The van der Waals surface area contributed by atoms with Crippen molar-refractivity contribution in [2.45, 2.75) is 15.2 Å². The van der Waals surface area contributed by atoms with Crippen molar-refractivity contribution in [3.8, 4) is 78.4 Å². The van der Waals surface area contributed by atoms with Crippen LogP contribution >= 0.6 is 11.8 Å². The minimum Gasteiger partial charge on any atom is -0.228 e. The molecule has 1 aliphatic carbocycles. The Labute approximate surface area is 366 Å². The van der Waals surface area contributed by atoms with E-state index < -0.39 is 5.41 Å². The van der Waals surface area contributed by atoms with Crippen LogP contribution in [0.5, 0.6) is 0 Å². The summed E-state index contributed by atoms with van der Waals surface area (Å²) < 4.78 is 0. The molecule has 0 unspecified atom stereocenters. The van der Waals surface area contributed by atoms with Crippen molar-refractivity contribution in [3.63, 3.8) is 0 Å². The molecule has 0 amide bonds. The van der Waals surface area contributed by atoms with Crippen molar-refractivity contribution in [2.24, 2.45) is 0 Å². The molecule has 10 aromatic rings. The van der Waals surface area contributed by atoms with E-state index in [1.54, 1.807) is 0 Å². The normalized spacial score (nSPS) is 12.9. The van der Waals surface area contributed by atoms with Gasteiger partial charge < -0.3 is 0 Å². The maximum absolute atomic E-state index is 5.34. The second-order valence-corrected chi connectivity index (χ2v) is 17.2. The number of nitrogens with zero attached hydrogens (tertiary/aromatic N) is 2. The smallest absolute Gasteiger partial charge is 0.160 e. The molecule has 0 atom stereocenters. The van der Waals surface area contributed by atoms with Crippen LogP contribution in [0.2, 0.25) is 0 Å². The van der Waals surface area contributed by atoms with Gasteiger partial charge in [-0.2, -0.15) is 0 Å². The zero-order valence-electron chi connectivity index (χ0n) is 33.7. The van der Waals surface area contributed by atoms with Crippen LogP contribution in [0, 0.1) is 0 Å². The topological polar surface area (TPSA) is 25.8 Å². The molecule has 1 spiro atoms. The van der Waals surface area contributed by atoms with E-state index in [4.69, 9.17) is 9.97 Å². The van der Waals surface area contributed by atoms with Crippen LogP contribution in [0.4, 0.5) is 0 Å². The summed E-state index contributed by atoms with van der Waals surface area (Å²) in [7, 11) is 0. The second-order valence-electron chi connectivity index (χ2n) is 16.1. The van der Waals surface area contributed by atoms with Gasteiger partial charge in [-0.15, -0.1) is 0 Å². The fourth-order valence-corrected chi connectivity index (χ4v) is 10.9. The molecular formula is C59H38N2S. The summed E-state index contributed by atoms with van der Waals surface area (Å²) >= 11 is 1.87. The molecule has 2 aliphatic rings. The Morgan fingerprint density at radius 3 is 1.29 bits per heavy atom. The van der Waals surface area contributed by atoms with Crippen molar-refractivity contribution in [2.75, 3.05) is 0 Å². The lowest BCUT2D eigenvalue weighted by atomic mass is 9.67. The molecule has 3 heteroatoms. The maximum Gasteiger partial charge on any atom is 0.160 e. The summed E-state index contributed by atoms with van der Waals surface area (Å²) in [6, 6.07) is 83.3. The van der Waals surface area contributed by atoms with Crippen LogP contribution in [0.3, 0.4) is 0 Å². The molecule has 2 heterocycles. The van der Waals surface area contributed by atoms with Crippen molar-refractivity contribution >= 4 is 11.8 Å². The van der Waals surface area contributed by atoms with E-state index in [-0.39, 0.29) is 0 Å². The van der Waals surface area contributed by atoms with Crippen LogP contribution in [-0.2, 0) is 5.41 Å². The van der Waals surface area contributed by atoms with Gasteiger partial charge in [0.2, 0.25) is 0 Å². The van der Waals surface area contributed by atoms with Crippen molar-refractivity contribution in [1.29, 1.82) is 0 Å². The number of aromatic nitrogens is 2. The van der Waals surface area contributed by atoms with Crippen molar-refractivity contribution < 1.29 is 0 Å². The molecular weight excluding hydrogens is 769 g/mol. The maximum atomic E-state index is 5.34. The third kappa shape index (κ3) is 5.96. The van der Waals surface area contributed by atoms with Crippen LogP contribution in [0.25, 0.3) is 78.4 Å². The first-order valence-electron chi connectivity index (χ1n) is 21.1. The summed E-state index contributed by atoms with van der Waals surface area (Å²) in [5.74, 6) is 0.687. The van der Waals surface area contributed by atoms with Crippen molar-refractivity contribution in [3.05, 3.63) is 253 Å². The van der Waals surface area contributed by atoms with E-state index in [1.165, 1.54) is 54.3 Å². The first-order chi connectivity index (χ1) is 30.7. The molecule has 12 rings (SSSR count). The summed E-state index contributed by atoms with van der Waals surface area (Å²) in [6.07, 6.45) is 0. The number of benzene rings is 9. The molecule has 2 nitrogen and oxygen atoms in total. The van der Waals surface area contributed by atoms with Crippen molar-refractivity contribution in [1.82, 2.24) is 9.97 Å². The van der Waals surface area contributed by atoms with Gasteiger partial charge in [0.1, 0.15) is 0 Å². The van der Waals surface area contributed by atoms with Gasteiger partial charge in [-0.1, -0.05) is 200 Å². The molecule has 0 bridgehead atoms. The summed E-state index contributed by atoms with van der Waals surface area (Å²) in [5, 5.41) is 0. The molecule has 9 aromatic carbocycles. The molecule has 0 saturated heterocycles. The predicted octanol–water partition coefficient (Wildman–Crippen LogP) is 15.3. The minimum atomic E-state index is -0.438. The Kier molecular flexibility index (Phi) is 8.69.